The molecule has 94 valence electrons. The summed E-state index contributed by atoms with van der Waals surface area (Å²) in [6.45, 7) is 5.79. The van der Waals surface area contributed by atoms with Crippen LogP contribution in [-0.4, -0.2) is 15.8 Å². The number of carbonyl (C=O) groups is 1. The molecule has 0 bridgehead atoms. The summed E-state index contributed by atoms with van der Waals surface area (Å²) in [5.74, 6) is 0.0366. The van der Waals surface area contributed by atoms with Crippen molar-refractivity contribution in [3.05, 3.63) is 48.3 Å². The lowest BCUT2D eigenvalue weighted by atomic mass is 10.1. The number of hydrogen-bond donors (Lipinski definition) is 0. The summed E-state index contributed by atoms with van der Waals surface area (Å²) in [7, 11) is 0. The van der Waals surface area contributed by atoms with E-state index in [2.05, 4.69) is 23.8 Å². The Hall–Kier alpha value is -2.03. The lowest BCUT2D eigenvalue weighted by Gasteiger charge is -2.00. The van der Waals surface area contributed by atoms with E-state index in [0.717, 1.165) is 11.4 Å². The van der Waals surface area contributed by atoms with Gasteiger partial charge in [-0.05, 0) is 31.2 Å². The molecule has 2 rings (SSSR count). The van der Waals surface area contributed by atoms with Gasteiger partial charge < -0.3 is 0 Å². The highest BCUT2D eigenvalue weighted by molar-refractivity contribution is 5.94. The van der Waals surface area contributed by atoms with E-state index < -0.39 is 0 Å². The van der Waals surface area contributed by atoms with E-state index in [0.29, 0.717) is 5.56 Å². The van der Waals surface area contributed by atoms with Crippen molar-refractivity contribution in [3.8, 4) is 11.4 Å². The van der Waals surface area contributed by atoms with Crippen LogP contribution in [0.4, 0.5) is 0 Å². The molecule has 2 heterocycles. The lowest BCUT2D eigenvalue weighted by Crippen LogP contribution is -1.94. The third-order valence-electron chi connectivity index (χ3n) is 2.09. The van der Waals surface area contributed by atoms with Gasteiger partial charge in [-0.15, -0.1) is 0 Å². The Morgan fingerprint density at radius 1 is 1.06 bits per heavy atom. The highest BCUT2D eigenvalue weighted by Gasteiger charge is 2.03. The fourth-order valence-corrected chi connectivity index (χ4v) is 1.30. The molecular weight excluding hydrogens is 224 g/mol. The third kappa shape index (κ3) is 4.09. The molecule has 0 aliphatic rings. The zero-order valence-corrected chi connectivity index (χ0v) is 11.1. The molecule has 0 aliphatic heterocycles. The first-order valence-electron chi connectivity index (χ1n) is 6.07. The smallest absolute Gasteiger partial charge is 0.159 e. The summed E-state index contributed by atoms with van der Waals surface area (Å²) in [4.78, 5) is 19.5. The molecule has 0 spiro atoms. The van der Waals surface area contributed by atoms with Crippen LogP contribution in [0, 0.1) is 0 Å². The van der Waals surface area contributed by atoms with Gasteiger partial charge in [0.05, 0.1) is 11.4 Å². The zero-order chi connectivity index (χ0) is 13.4. The summed E-state index contributed by atoms with van der Waals surface area (Å²) >= 11 is 0. The number of rotatable bonds is 2. The van der Waals surface area contributed by atoms with Gasteiger partial charge in [0.1, 0.15) is 0 Å². The van der Waals surface area contributed by atoms with Gasteiger partial charge in [0.15, 0.2) is 5.78 Å². The van der Waals surface area contributed by atoms with Crippen LogP contribution >= 0.6 is 0 Å². The Morgan fingerprint density at radius 2 is 1.72 bits per heavy atom. The highest BCUT2D eigenvalue weighted by atomic mass is 16.1. The normalized spacial score (nSPS) is 9.28. The number of ketones is 1. The van der Waals surface area contributed by atoms with Gasteiger partial charge in [0, 0.05) is 18.0 Å². The van der Waals surface area contributed by atoms with Gasteiger partial charge in [-0.3, -0.25) is 14.8 Å². The van der Waals surface area contributed by atoms with Crippen LogP contribution in [0.5, 0.6) is 0 Å². The number of carbonyl (C=O) groups excluding carboxylic acids is 1. The Kier molecular flexibility index (Phi) is 5.71. The standard InChI is InChI=1S/C12H10N2O.C3H8/c1-9(15)10-5-7-14-12(8-10)11-4-2-3-6-13-11;1-3-2/h2-8H,1H3;3H2,1-2H3. The van der Waals surface area contributed by atoms with E-state index in [1.54, 1.807) is 24.5 Å². The number of pyridine rings is 2. The van der Waals surface area contributed by atoms with Crippen molar-refractivity contribution in [2.24, 2.45) is 0 Å². The summed E-state index contributed by atoms with van der Waals surface area (Å²) < 4.78 is 0. The first-order chi connectivity index (χ1) is 8.69. The van der Waals surface area contributed by atoms with Crippen molar-refractivity contribution in [3.63, 3.8) is 0 Å². The van der Waals surface area contributed by atoms with Gasteiger partial charge in [-0.25, -0.2) is 0 Å². The molecule has 0 saturated carbocycles. The van der Waals surface area contributed by atoms with E-state index in [-0.39, 0.29) is 5.78 Å². The predicted octanol–water partition coefficient (Wildman–Crippen LogP) is 3.76. The topological polar surface area (TPSA) is 42.9 Å². The van der Waals surface area contributed by atoms with Crippen LogP contribution in [0.2, 0.25) is 0 Å². The van der Waals surface area contributed by atoms with Crippen molar-refractivity contribution < 1.29 is 4.79 Å². The summed E-state index contributed by atoms with van der Waals surface area (Å²) in [6.07, 6.45) is 4.58. The summed E-state index contributed by atoms with van der Waals surface area (Å²) in [5, 5.41) is 0. The first kappa shape index (κ1) is 14.0. The minimum absolute atomic E-state index is 0.0366. The van der Waals surface area contributed by atoms with Crippen molar-refractivity contribution in [2.45, 2.75) is 27.2 Å². The maximum atomic E-state index is 11.2. The van der Waals surface area contributed by atoms with Gasteiger partial charge >= 0.3 is 0 Å². The minimum Gasteiger partial charge on any atom is -0.295 e. The van der Waals surface area contributed by atoms with Crippen LogP contribution < -0.4 is 0 Å². The molecule has 3 heteroatoms. The molecule has 0 saturated heterocycles. The van der Waals surface area contributed by atoms with E-state index in [4.69, 9.17) is 0 Å². The monoisotopic (exact) mass is 242 g/mol. The molecule has 0 unspecified atom stereocenters. The average Bonchev–Trinajstić information content (AvgIpc) is 2.41. The number of Topliss-reactive ketones (excluding diaryl/α,β-unsaturated/α-hetero) is 1. The number of aromatic nitrogens is 2. The molecule has 0 atom stereocenters. The van der Waals surface area contributed by atoms with E-state index in [1.807, 2.05) is 18.2 Å². The van der Waals surface area contributed by atoms with Crippen LogP contribution in [0.1, 0.15) is 37.6 Å². The second-order valence-corrected chi connectivity index (χ2v) is 3.91. The molecule has 2 aromatic heterocycles. The number of nitrogens with zero attached hydrogens (tertiary/aromatic N) is 2. The molecule has 0 aromatic carbocycles. The lowest BCUT2D eigenvalue weighted by molar-refractivity contribution is 0.101. The molecule has 18 heavy (non-hydrogen) atoms. The Bertz CT molecular complexity index is 495. The van der Waals surface area contributed by atoms with E-state index in [1.165, 1.54) is 13.3 Å². The number of hydrogen-bond acceptors (Lipinski definition) is 3. The Labute approximate surface area is 108 Å². The van der Waals surface area contributed by atoms with Crippen molar-refractivity contribution in [1.82, 2.24) is 9.97 Å². The Balaban J connectivity index is 0.000000492. The molecule has 3 nitrogen and oxygen atoms in total. The van der Waals surface area contributed by atoms with Gasteiger partial charge in [-0.2, -0.15) is 0 Å². The maximum absolute atomic E-state index is 11.2. The minimum atomic E-state index is 0.0366. The van der Waals surface area contributed by atoms with E-state index in [9.17, 15) is 4.79 Å². The van der Waals surface area contributed by atoms with E-state index >= 15 is 0 Å². The second kappa shape index (κ2) is 7.33. The summed E-state index contributed by atoms with van der Waals surface area (Å²) in [5.41, 5.74) is 2.16. The fraction of sp³-hybridized carbons (Fsp3) is 0.267. The Morgan fingerprint density at radius 3 is 2.28 bits per heavy atom. The average molecular weight is 242 g/mol. The highest BCUT2D eigenvalue weighted by Crippen LogP contribution is 2.14. The second-order valence-electron chi connectivity index (χ2n) is 3.91. The van der Waals surface area contributed by atoms with Gasteiger partial charge in [0.2, 0.25) is 0 Å². The SMILES string of the molecule is CC(=O)c1ccnc(-c2ccccn2)c1.CCC. The van der Waals surface area contributed by atoms with Crippen LogP contribution in [-0.2, 0) is 0 Å². The molecular formula is C15H18N2O. The van der Waals surface area contributed by atoms with Crippen molar-refractivity contribution >= 4 is 5.78 Å². The van der Waals surface area contributed by atoms with Crippen molar-refractivity contribution in [2.75, 3.05) is 0 Å². The van der Waals surface area contributed by atoms with Crippen molar-refractivity contribution in [1.29, 1.82) is 0 Å². The van der Waals surface area contributed by atoms with Gasteiger partial charge in [-0.1, -0.05) is 26.3 Å². The zero-order valence-electron chi connectivity index (χ0n) is 11.1. The molecule has 0 radical (unpaired) electrons. The molecule has 0 fully saturated rings. The third-order valence-corrected chi connectivity index (χ3v) is 2.09. The van der Waals surface area contributed by atoms with Crippen LogP contribution in [0.25, 0.3) is 11.4 Å². The summed E-state index contributed by atoms with van der Waals surface area (Å²) in [6, 6.07) is 9.06. The fourth-order valence-electron chi connectivity index (χ4n) is 1.30. The largest absolute Gasteiger partial charge is 0.295 e. The quantitative estimate of drug-likeness (QED) is 0.753. The molecule has 0 N–H and O–H groups in total. The van der Waals surface area contributed by atoms with Gasteiger partial charge in [0.25, 0.3) is 0 Å². The van der Waals surface area contributed by atoms with Crippen LogP contribution in [0.3, 0.4) is 0 Å². The molecule has 0 aliphatic carbocycles. The first-order valence-corrected chi connectivity index (χ1v) is 6.07. The molecule has 2 aromatic rings. The van der Waals surface area contributed by atoms with Crippen LogP contribution in [0.15, 0.2) is 42.7 Å². The maximum Gasteiger partial charge on any atom is 0.159 e. The molecule has 0 amide bonds. The predicted molar refractivity (Wildman–Crippen MR) is 73.4 cm³/mol.